The zero-order valence-corrected chi connectivity index (χ0v) is 22.3. The molecule has 1 aliphatic rings. The Hall–Kier alpha value is -3.74. The van der Waals surface area contributed by atoms with Crippen molar-refractivity contribution in [2.75, 3.05) is 27.9 Å². The fraction of sp³-hybridized carbons (Fsp3) is 0.367. The van der Waals surface area contributed by atoms with Crippen molar-refractivity contribution >= 4 is 6.09 Å². The van der Waals surface area contributed by atoms with Crippen LogP contribution in [0.15, 0.2) is 54.6 Å². The summed E-state index contributed by atoms with van der Waals surface area (Å²) in [6.45, 7) is 6.14. The van der Waals surface area contributed by atoms with Crippen LogP contribution in [0.1, 0.15) is 43.5 Å². The molecule has 4 rings (SSSR count). The van der Waals surface area contributed by atoms with Crippen molar-refractivity contribution in [3.05, 3.63) is 77.1 Å². The van der Waals surface area contributed by atoms with Gasteiger partial charge < -0.3 is 23.8 Å². The molecule has 3 aromatic carbocycles. The molecular weight excluding hydrogens is 473 g/mol. The van der Waals surface area contributed by atoms with Crippen LogP contribution in [0, 0.1) is 5.82 Å². The molecule has 7 heteroatoms. The first kappa shape index (κ1) is 26.3. The van der Waals surface area contributed by atoms with E-state index in [1.165, 1.54) is 19.2 Å². The van der Waals surface area contributed by atoms with E-state index in [1.807, 2.05) is 57.2 Å². The number of hydrogen-bond donors (Lipinski definition) is 0. The number of rotatable bonds is 6. The lowest BCUT2D eigenvalue weighted by Gasteiger charge is -2.38. The average molecular weight is 508 g/mol. The minimum absolute atomic E-state index is 0.246. The van der Waals surface area contributed by atoms with Crippen molar-refractivity contribution in [3.8, 4) is 28.4 Å². The fourth-order valence-electron chi connectivity index (χ4n) is 4.73. The smallest absolute Gasteiger partial charge is 0.410 e. The van der Waals surface area contributed by atoms with Gasteiger partial charge in [-0.25, -0.2) is 9.18 Å². The molecule has 1 heterocycles. The van der Waals surface area contributed by atoms with Crippen LogP contribution in [0.2, 0.25) is 0 Å². The second kappa shape index (κ2) is 10.7. The third-order valence-corrected chi connectivity index (χ3v) is 6.49. The topological polar surface area (TPSA) is 57.2 Å². The van der Waals surface area contributed by atoms with Crippen molar-refractivity contribution < 1.29 is 28.1 Å². The van der Waals surface area contributed by atoms with E-state index in [1.54, 1.807) is 25.2 Å². The number of fused-ring (bicyclic) bond motifs is 1. The predicted octanol–water partition coefficient (Wildman–Crippen LogP) is 6.60. The van der Waals surface area contributed by atoms with Gasteiger partial charge in [-0.1, -0.05) is 24.3 Å². The van der Waals surface area contributed by atoms with Gasteiger partial charge >= 0.3 is 6.09 Å². The summed E-state index contributed by atoms with van der Waals surface area (Å²) in [4.78, 5) is 15.0. The molecule has 1 unspecified atom stereocenters. The van der Waals surface area contributed by atoms with Crippen LogP contribution in [0.3, 0.4) is 0 Å². The number of benzene rings is 3. The van der Waals surface area contributed by atoms with Crippen molar-refractivity contribution in [3.63, 3.8) is 0 Å². The van der Waals surface area contributed by atoms with Gasteiger partial charge in [0.05, 0.1) is 27.4 Å². The predicted molar refractivity (Wildman–Crippen MR) is 141 cm³/mol. The van der Waals surface area contributed by atoms with Crippen LogP contribution in [0.25, 0.3) is 11.1 Å². The first-order valence-electron chi connectivity index (χ1n) is 12.3. The third kappa shape index (κ3) is 5.82. The fourth-order valence-corrected chi connectivity index (χ4v) is 4.73. The van der Waals surface area contributed by atoms with Gasteiger partial charge in [0.15, 0.2) is 11.5 Å². The summed E-state index contributed by atoms with van der Waals surface area (Å²) in [6, 6.07) is 16.3. The molecule has 1 amide bonds. The Morgan fingerprint density at radius 2 is 1.57 bits per heavy atom. The second-order valence-electron chi connectivity index (χ2n) is 10.1. The van der Waals surface area contributed by atoms with E-state index in [0.29, 0.717) is 36.6 Å². The Kier molecular flexibility index (Phi) is 7.62. The molecule has 0 bridgehead atoms. The summed E-state index contributed by atoms with van der Waals surface area (Å²) in [5.41, 5.74) is 4.31. The van der Waals surface area contributed by atoms with Crippen LogP contribution < -0.4 is 14.2 Å². The Morgan fingerprint density at radius 1 is 0.919 bits per heavy atom. The van der Waals surface area contributed by atoms with Gasteiger partial charge in [0.2, 0.25) is 0 Å². The molecule has 37 heavy (non-hydrogen) atoms. The number of nitrogens with zero attached hydrogens (tertiary/aromatic N) is 1. The monoisotopic (exact) mass is 507 g/mol. The largest absolute Gasteiger partial charge is 0.496 e. The Morgan fingerprint density at radius 3 is 2.19 bits per heavy atom. The van der Waals surface area contributed by atoms with Crippen LogP contribution >= 0.6 is 0 Å². The summed E-state index contributed by atoms with van der Waals surface area (Å²) in [5.74, 6) is 1.42. The highest BCUT2D eigenvalue weighted by molar-refractivity contribution is 5.71. The SMILES string of the molecule is COc1cc2c(cc1OC)C(Cc1ccc(-c3ccc(F)cc3OC)cc1)N(C(=O)OC(C)(C)C)CC2. The Balaban J connectivity index is 1.69. The van der Waals surface area contributed by atoms with Gasteiger partial charge in [-0.05, 0) is 80.1 Å². The Bertz CT molecular complexity index is 1270. The minimum Gasteiger partial charge on any atom is -0.496 e. The highest BCUT2D eigenvalue weighted by Gasteiger charge is 2.34. The van der Waals surface area contributed by atoms with Crippen LogP contribution in [0.5, 0.6) is 17.2 Å². The third-order valence-electron chi connectivity index (χ3n) is 6.49. The maximum Gasteiger partial charge on any atom is 0.410 e. The molecule has 0 N–H and O–H groups in total. The van der Waals surface area contributed by atoms with E-state index in [4.69, 9.17) is 18.9 Å². The molecule has 6 nitrogen and oxygen atoms in total. The van der Waals surface area contributed by atoms with Crippen LogP contribution in [-0.4, -0.2) is 44.5 Å². The van der Waals surface area contributed by atoms with E-state index in [0.717, 1.165) is 27.8 Å². The molecule has 0 saturated carbocycles. The standard InChI is InChI=1S/C30H34FNO5/c1-30(2,3)37-29(33)32-14-13-21-16-27(35-5)28(36-6)18-24(21)25(32)15-19-7-9-20(10-8-19)23-12-11-22(31)17-26(23)34-4/h7-12,16-18,25H,13-15H2,1-6H3. The summed E-state index contributed by atoms with van der Waals surface area (Å²) in [7, 11) is 4.76. The number of halogens is 1. The van der Waals surface area contributed by atoms with Crippen molar-refractivity contribution in [2.45, 2.75) is 45.3 Å². The maximum absolute atomic E-state index is 13.7. The van der Waals surface area contributed by atoms with E-state index in [2.05, 4.69) is 0 Å². The summed E-state index contributed by atoms with van der Waals surface area (Å²) >= 11 is 0. The summed E-state index contributed by atoms with van der Waals surface area (Å²) in [5, 5.41) is 0. The number of ether oxygens (including phenoxy) is 4. The van der Waals surface area contributed by atoms with E-state index in [-0.39, 0.29) is 18.0 Å². The Labute approximate surface area is 217 Å². The highest BCUT2D eigenvalue weighted by Crippen LogP contribution is 2.40. The van der Waals surface area contributed by atoms with Crippen molar-refractivity contribution in [1.29, 1.82) is 0 Å². The van der Waals surface area contributed by atoms with Gasteiger partial charge in [-0.3, -0.25) is 0 Å². The maximum atomic E-state index is 13.7. The molecular formula is C30H34FNO5. The van der Waals surface area contributed by atoms with Crippen LogP contribution in [0.4, 0.5) is 9.18 Å². The minimum atomic E-state index is -0.602. The molecule has 1 aliphatic heterocycles. The van der Waals surface area contributed by atoms with Gasteiger partial charge in [0.25, 0.3) is 0 Å². The number of carbonyl (C=O) groups excluding carboxylic acids is 1. The van der Waals surface area contributed by atoms with E-state index in [9.17, 15) is 9.18 Å². The molecule has 0 radical (unpaired) electrons. The molecule has 0 aromatic heterocycles. The van der Waals surface area contributed by atoms with Gasteiger partial charge in [-0.2, -0.15) is 0 Å². The van der Waals surface area contributed by atoms with Crippen molar-refractivity contribution in [1.82, 2.24) is 4.90 Å². The number of methoxy groups -OCH3 is 3. The molecule has 0 spiro atoms. The lowest BCUT2D eigenvalue weighted by atomic mass is 9.88. The first-order valence-corrected chi connectivity index (χ1v) is 12.3. The normalized spacial score (nSPS) is 15.1. The number of carbonyl (C=O) groups is 1. The van der Waals surface area contributed by atoms with E-state index < -0.39 is 5.60 Å². The molecule has 0 saturated heterocycles. The second-order valence-corrected chi connectivity index (χ2v) is 10.1. The van der Waals surface area contributed by atoms with Gasteiger partial charge in [0.1, 0.15) is 17.2 Å². The zero-order chi connectivity index (χ0) is 26.7. The lowest BCUT2D eigenvalue weighted by molar-refractivity contribution is 0.0141. The average Bonchev–Trinajstić information content (AvgIpc) is 2.87. The molecule has 0 fully saturated rings. The zero-order valence-electron chi connectivity index (χ0n) is 22.3. The lowest BCUT2D eigenvalue weighted by Crippen LogP contribution is -2.43. The molecule has 196 valence electrons. The first-order chi connectivity index (χ1) is 17.6. The van der Waals surface area contributed by atoms with Gasteiger partial charge in [-0.15, -0.1) is 0 Å². The number of amides is 1. The number of hydrogen-bond acceptors (Lipinski definition) is 5. The quantitative estimate of drug-likeness (QED) is 0.376. The van der Waals surface area contributed by atoms with Crippen molar-refractivity contribution in [2.24, 2.45) is 0 Å². The molecule has 1 atom stereocenters. The van der Waals surface area contributed by atoms with Crippen LogP contribution in [-0.2, 0) is 17.6 Å². The molecule has 3 aromatic rings. The van der Waals surface area contributed by atoms with Gasteiger partial charge in [0, 0.05) is 18.2 Å². The van der Waals surface area contributed by atoms with E-state index >= 15 is 0 Å². The summed E-state index contributed by atoms with van der Waals surface area (Å²) in [6.07, 6.45) is 0.933. The highest BCUT2D eigenvalue weighted by atomic mass is 19.1. The molecule has 0 aliphatic carbocycles. The summed E-state index contributed by atoms with van der Waals surface area (Å²) < 4.78 is 35.9.